The molecule has 38 heavy (non-hydrogen) atoms. The monoisotopic (exact) mass is 512 g/mol. The molecule has 0 radical (unpaired) electrons. The van der Waals surface area contributed by atoms with E-state index in [1.54, 1.807) is 4.90 Å². The van der Waals surface area contributed by atoms with Crippen molar-refractivity contribution in [3.63, 3.8) is 0 Å². The SMILES string of the molecule is Cc1ccc(CN(C(=O)COc2ccc(C(C)C)cc2)[C@@H](Cc2ccccc2)C(=O)NC2CCCC2)cc1. The van der Waals surface area contributed by atoms with Gasteiger partial charge in [-0.25, -0.2) is 0 Å². The van der Waals surface area contributed by atoms with Crippen molar-refractivity contribution in [2.45, 2.75) is 77.4 Å². The van der Waals surface area contributed by atoms with Crippen molar-refractivity contribution < 1.29 is 14.3 Å². The van der Waals surface area contributed by atoms with Gasteiger partial charge in [0.15, 0.2) is 6.61 Å². The molecular formula is C33H40N2O3. The standard InChI is InChI=1S/C33H40N2O3/c1-24(2)28-17-19-30(20-18-28)38-23-32(36)35(22-27-15-13-25(3)14-16-27)31(21-26-9-5-4-6-10-26)33(37)34-29-11-7-8-12-29/h4-6,9-10,13-20,24,29,31H,7-8,11-12,21-23H2,1-3H3,(H,34,37)/t31-/m0/s1. The topological polar surface area (TPSA) is 58.6 Å². The van der Waals surface area contributed by atoms with E-state index in [1.807, 2.05) is 85.8 Å². The van der Waals surface area contributed by atoms with E-state index in [1.165, 1.54) is 5.56 Å². The average Bonchev–Trinajstić information content (AvgIpc) is 3.44. The Morgan fingerprint density at radius 1 is 0.895 bits per heavy atom. The van der Waals surface area contributed by atoms with Crippen LogP contribution in [-0.2, 0) is 22.6 Å². The highest BCUT2D eigenvalue weighted by atomic mass is 16.5. The van der Waals surface area contributed by atoms with Gasteiger partial charge in [0, 0.05) is 19.0 Å². The Kier molecular flexibility index (Phi) is 9.58. The second kappa shape index (κ2) is 13.3. The summed E-state index contributed by atoms with van der Waals surface area (Å²) in [6.45, 7) is 6.54. The lowest BCUT2D eigenvalue weighted by molar-refractivity contribution is -0.143. The molecule has 0 spiro atoms. The van der Waals surface area contributed by atoms with Crippen LogP contribution in [0.4, 0.5) is 0 Å². The average molecular weight is 513 g/mol. The summed E-state index contributed by atoms with van der Waals surface area (Å²) in [7, 11) is 0. The van der Waals surface area contributed by atoms with Crippen molar-refractivity contribution in [1.82, 2.24) is 10.2 Å². The van der Waals surface area contributed by atoms with Crippen molar-refractivity contribution in [3.05, 3.63) is 101 Å². The van der Waals surface area contributed by atoms with E-state index < -0.39 is 6.04 Å². The number of carbonyl (C=O) groups is 2. The number of ether oxygens (including phenoxy) is 1. The molecule has 0 aromatic heterocycles. The largest absolute Gasteiger partial charge is 0.484 e. The number of amides is 2. The zero-order chi connectivity index (χ0) is 26.9. The maximum atomic E-state index is 13.8. The van der Waals surface area contributed by atoms with Crippen molar-refractivity contribution in [2.75, 3.05) is 6.61 Å². The Bertz CT molecular complexity index is 1170. The molecule has 1 fully saturated rings. The van der Waals surface area contributed by atoms with E-state index in [-0.39, 0.29) is 24.5 Å². The second-order valence-electron chi connectivity index (χ2n) is 10.7. The van der Waals surface area contributed by atoms with E-state index in [9.17, 15) is 9.59 Å². The molecule has 0 saturated heterocycles. The van der Waals surface area contributed by atoms with Crippen LogP contribution in [0, 0.1) is 6.92 Å². The van der Waals surface area contributed by atoms with Gasteiger partial charge >= 0.3 is 0 Å². The zero-order valence-electron chi connectivity index (χ0n) is 22.9. The van der Waals surface area contributed by atoms with Crippen LogP contribution < -0.4 is 10.1 Å². The molecule has 0 bridgehead atoms. The minimum Gasteiger partial charge on any atom is -0.484 e. The van der Waals surface area contributed by atoms with E-state index >= 15 is 0 Å². The first kappa shape index (κ1) is 27.4. The van der Waals surface area contributed by atoms with Crippen LogP contribution in [0.3, 0.4) is 0 Å². The Hall–Kier alpha value is -3.60. The third-order valence-corrected chi connectivity index (χ3v) is 7.36. The number of benzene rings is 3. The molecule has 5 nitrogen and oxygen atoms in total. The predicted molar refractivity (Wildman–Crippen MR) is 152 cm³/mol. The number of rotatable bonds is 11. The minimum absolute atomic E-state index is 0.0949. The van der Waals surface area contributed by atoms with Gasteiger partial charge in [-0.05, 0) is 54.5 Å². The molecule has 200 valence electrons. The first-order chi connectivity index (χ1) is 18.4. The summed E-state index contributed by atoms with van der Waals surface area (Å²) >= 11 is 0. The van der Waals surface area contributed by atoms with Crippen LogP contribution in [0.2, 0.25) is 0 Å². The summed E-state index contributed by atoms with van der Waals surface area (Å²) in [5.74, 6) is 0.768. The lowest BCUT2D eigenvalue weighted by atomic mass is 10.0. The molecule has 1 atom stereocenters. The van der Waals surface area contributed by atoms with E-state index in [0.717, 1.165) is 42.4 Å². The summed E-state index contributed by atoms with van der Waals surface area (Å²) in [4.78, 5) is 29.2. The summed E-state index contributed by atoms with van der Waals surface area (Å²) < 4.78 is 5.93. The number of carbonyl (C=O) groups excluding carboxylic acids is 2. The lowest BCUT2D eigenvalue weighted by Crippen LogP contribution is -2.53. The van der Waals surface area contributed by atoms with E-state index in [4.69, 9.17) is 4.74 Å². The Balaban J connectivity index is 1.58. The molecule has 5 heteroatoms. The van der Waals surface area contributed by atoms with E-state index in [0.29, 0.717) is 24.6 Å². The molecule has 0 aliphatic heterocycles. The van der Waals surface area contributed by atoms with Gasteiger partial charge in [-0.1, -0.05) is 99.0 Å². The van der Waals surface area contributed by atoms with Gasteiger partial charge in [-0.2, -0.15) is 0 Å². The van der Waals surface area contributed by atoms with Crippen molar-refractivity contribution >= 4 is 11.8 Å². The maximum absolute atomic E-state index is 13.8. The van der Waals surface area contributed by atoms with Gasteiger partial charge < -0.3 is 15.0 Å². The molecule has 4 rings (SSSR count). The zero-order valence-corrected chi connectivity index (χ0v) is 22.9. The highest BCUT2D eigenvalue weighted by Crippen LogP contribution is 2.21. The fourth-order valence-corrected chi connectivity index (χ4v) is 4.99. The Morgan fingerprint density at radius 2 is 1.55 bits per heavy atom. The number of nitrogens with one attached hydrogen (secondary N) is 1. The molecule has 1 N–H and O–H groups in total. The van der Waals surface area contributed by atoms with Gasteiger partial charge in [0.2, 0.25) is 5.91 Å². The number of hydrogen-bond acceptors (Lipinski definition) is 3. The minimum atomic E-state index is -0.640. The van der Waals surface area contributed by atoms with Crippen LogP contribution in [0.25, 0.3) is 0 Å². The second-order valence-corrected chi connectivity index (χ2v) is 10.7. The third kappa shape index (κ3) is 7.70. The summed E-state index contributed by atoms with van der Waals surface area (Å²) in [5.41, 5.74) is 4.37. The van der Waals surface area contributed by atoms with Crippen LogP contribution >= 0.6 is 0 Å². The van der Waals surface area contributed by atoms with Gasteiger partial charge in [0.25, 0.3) is 5.91 Å². The summed E-state index contributed by atoms with van der Waals surface area (Å²) in [6.07, 6.45) is 4.68. The molecule has 0 unspecified atom stereocenters. The van der Waals surface area contributed by atoms with Gasteiger partial charge in [0.1, 0.15) is 11.8 Å². The molecule has 1 aliphatic carbocycles. The predicted octanol–water partition coefficient (Wildman–Crippen LogP) is 6.20. The quantitative estimate of drug-likeness (QED) is 0.333. The smallest absolute Gasteiger partial charge is 0.261 e. The number of nitrogens with zero attached hydrogens (tertiary/aromatic N) is 1. The van der Waals surface area contributed by atoms with Gasteiger partial charge in [0.05, 0.1) is 0 Å². The number of hydrogen-bond donors (Lipinski definition) is 1. The molecule has 2 amide bonds. The normalized spacial score (nSPS) is 14.3. The van der Waals surface area contributed by atoms with Gasteiger partial charge in [-0.3, -0.25) is 9.59 Å². The first-order valence-corrected chi connectivity index (χ1v) is 13.8. The third-order valence-electron chi connectivity index (χ3n) is 7.36. The number of aryl methyl sites for hydroxylation is 1. The Morgan fingerprint density at radius 3 is 2.18 bits per heavy atom. The summed E-state index contributed by atoms with van der Waals surface area (Å²) in [6, 6.07) is 25.4. The van der Waals surface area contributed by atoms with Gasteiger partial charge in [-0.15, -0.1) is 0 Å². The highest BCUT2D eigenvalue weighted by Gasteiger charge is 2.32. The molecule has 3 aromatic carbocycles. The molecule has 1 aliphatic rings. The fourth-order valence-electron chi connectivity index (χ4n) is 4.99. The molecule has 3 aromatic rings. The summed E-state index contributed by atoms with van der Waals surface area (Å²) in [5, 5.41) is 3.25. The Labute approximate surface area is 227 Å². The van der Waals surface area contributed by atoms with Crippen LogP contribution in [0.1, 0.15) is 67.7 Å². The van der Waals surface area contributed by atoms with E-state index in [2.05, 4.69) is 19.2 Å². The molecule has 0 heterocycles. The first-order valence-electron chi connectivity index (χ1n) is 13.8. The van der Waals surface area contributed by atoms with Crippen molar-refractivity contribution in [2.24, 2.45) is 0 Å². The maximum Gasteiger partial charge on any atom is 0.261 e. The highest BCUT2D eigenvalue weighted by molar-refractivity contribution is 5.88. The van der Waals surface area contributed by atoms with Crippen LogP contribution in [0.15, 0.2) is 78.9 Å². The lowest BCUT2D eigenvalue weighted by Gasteiger charge is -2.32. The van der Waals surface area contributed by atoms with Crippen LogP contribution in [-0.4, -0.2) is 35.4 Å². The molecular weight excluding hydrogens is 472 g/mol. The fraction of sp³-hybridized carbons (Fsp3) is 0.394. The van der Waals surface area contributed by atoms with Crippen molar-refractivity contribution in [1.29, 1.82) is 0 Å². The molecule has 1 saturated carbocycles. The van der Waals surface area contributed by atoms with Crippen molar-refractivity contribution in [3.8, 4) is 5.75 Å². The van der Waals surface area contributed by atoms with Crippen LogP contribution in [0.5, 0.6) is 5.75 Å².